The van der Waals surface area contributed by atoms with Gasteiger partial charge in [0.25, 0.3) is 0 Å². The maximum absolute atomic E-state index is 12.0. The summed E-state index contributed by atoms with van der Waals surface area (Å²) < 4.78 is 5.74. The van der Waals surface area contributed by atoms with Gasteiger partial charge in [-0.15, -0.1) is 0 Å². The van der Waals surface area contributed by atoms with Gasteiger partial charge in [0.2, 0.25) is 0 Å². The van der Waals surface area contributed by atoms with Gasteiger partial charge in [0, 0.05) is 6.42 Å². The molecular formula is C15H21NO2. The fraction of sp³-hybridized carbons (Fsp3) is 0.533. The van der Waals surface area contributed by atoms with Crippen molar-refractivity contribution in [3.63, 3.8) is 0 Å². The number of carbonyl (C=O) groups is 1. The lowest BCUT2D eigenvalue weighted by Gasteiger charge is -2.26. The van der Waals surface area contributed by atoms with Gasteiger partial charge < -0.3 is 10.1 Å². The van der Waals surface area contributed by atoms with Crippen LogP contribution in [-0.2, 0) is 4.79 Å². The highest BCUT2D eigenvalue weighted by atomic mass is 16.5. The van der Waals surface area contributed by atoms with Gasteiger partial charge in [-0.25, -0.2) is 0 Å². The molecule has 0 spiro atoms. The Morgan fingerprint density at radius 1 is 1.33 bits per heavy atom. The van der Waals surface area contributed by atoms with Gasteiger partial charge in [-0.05, 0) is 18.6 Å². The van der Waals surface area contributed by atoms with Crippen LogP contribution in [0.15, 0.2) is 24.3 Å². The monoisotopic (exact) mass is 247 g/mol. The summed E-state index contributed by atoms with van der Waals surface area (Å²) in [5, 5.41) is 3.25. The van der Waals surface area contributed by atoms with Crippen LogP contribution in [0.2, 0.25) is 0 Å². The molecule has 18 heavy (non-hydrogen) atoms. The third kappa shape index (κ3) is 3.25. The van der Waals surface area contributed by atoms with E-state index in [1.165, 1.54) is 12.8 Å². The first-order valence-corrected chi connectivity index (χ1v) is 6.83. The molecule has 0 aromatic heterocycles. The van der Waals surface area contributed by atoms with Crippen molar-refractivity contribution >= 4 is 11.5 Å². The molecule has 0 fully saturated rings. The van der Waals surface area contributed by atoms with Crippen molar-refractivity contribution in [2.45, 2.75) is 45.1 Å². The molecule has 1 aliphatic rings. The van der Waals surface area contributed by atoms with Crippen molar-refractivity contribution in [3.8, 4) is 5.75 Å². The molecule has 1 aromatic carbocycles. The molecule has 3 heteroatoms. The minimum absolute atomic E-state index is 0.216. The number of ketones is 1. The van der Waals surface area contributed by atoms with Crippen molar-refractivity contribution in [2.75, 3.05) is 11.9 Å². The van der Waals surface area contributed by atoms with E-state index in [-0.39, 0.29) is 11.9 Å². The number of rotatable bonds is 6. The van der Waals surface area contributed by atoms with Crippen LogP contribution in [-0.4, -0.2) is 18.4 Å². The molecule has 0 bridgehead atoms. The molecule has 98 valence electrons. The number of unbranched alkanes of at least 4 members (excludes halogenated alkanes) is 3. The van der Waals surface area contributed by atoms with E-state index in [0.29, 0.717) is 13.0 Å². The number of fused-ring (bicyclic) bond motifs is 1. The average Bonchev–Trinajstić information content (AvgIpc) is 2.43. The van der Waals surface area contributed by atoms with Crippen LogP contribution in [0.4, 0.5) is 5.69 Å². The van der Waals surface area contributed by atoms with Crippen molar-refractivity contribution in [1.82, 2.24) is 0 Å². The van der Waals surface area contributed by atoms with E-state index in [4.69, 9.17) is 4.74 Å². The Labute approximate surface area is 109 Å². The third-order valence-electron chi connectivity index (χ3n) is 3.27. The van der Waals surface area contributed by atoms with Crippen molar-refractivity contribution < 1.29 is 9.53 Å². The number of hydrogen-bond donors (Lipinski definition) is 1. The fourth-order valence-electron chi connectivity index (χ4n) is 2.18. The Morgan fingerprint density at radius 2 is 2.17 bits per heavy atom. The molecule has 0 aliphatic carbocycles. The van der Waals surface area contributed by atoms with Gasteiger partial charge in [0.05, 0.1) is 12.2 Å². The van der Waals surface area contributed by atoms with Crippen LogP contribution in [0.25, 0.3) is 0 Å². The summed E-state index contributed by atoms with van der Waals surface area (Å²) in [6, 6.07) is 7.76. The van der Waals surface area contributed by atoms with E-state index < -0.39 is 0 Å². The van der Waals surface area contributed by atoms with Crippen LogP contribution < -0.4 is 10.1 Å². The predicted octanol–water partition coefficient (Wildman–Crippen LogP) is 3.40. The summed E-state index contributed by atoms with van der Waals surface area (Å²) in [5.74, 6) is 1.00. The van der Waals surface area contributed by atoms with Gasteiger partial charge in [-0.2, -0.15) is 0 Å². The molecular weight excluding hydrogens is 226 g/mol. The van der Waals surface area contributed by atoms with Crippen LogP contribution >= 0.6 is 0 Å². The Kier molecular flexibility index (Phi) is 4.62. The van der Waals surface area contributed by atoms with Crippen molar-refractivity contribution in [1.29, 1.82) is 0 Å². The summed E-state index contributed by atoms with van der Waals surface area (Å²) in [5.41, 5.74) is 0.979. The summed E-state index contributed by atoms with van der Waals surface area (Å²) in [7, 11) is 0. The maximum atomic E-state index is 12.0. The minimum Gasteiger partial charge on any atom is -0.479 e. The molecule has 3 nitrogen and oxygen atoms in total. The summed E-state index contributed by atoms with van der Waals surface area (Å²) in [6.07, 6.45) is 4.84. The molecule has 0 saturated carbocycles. The van der Waals surface area contributed by atoms with Crippen LogP contribution in [0.1, 0.15) is 39.0 Å². The number of hydrogen-bond acceptors (Lipinski definition) is 3. The van der Waals surface area contributed by atoms with E-state index in [1.807, 2.05) is 24.3 Å². The Morgan fingerprint density at radius 3 is 3.00 bits per heavy atom. The standard InChI is InChI=1S/C15H21NO2/c1-2-3-4-5-9-13(17)15-11-16-12-8-6-7-10-14(12)18-15/h6-8,10,15-16H,2-5,9,11H2,1H3. The lowest BCUT2D eigenvalue weighted by molar-refractivity contribution is -0.125. The second-order valence-corrected chi connectivity index (χ2v) is 4.76. The van der Waals surface area contributed by atoms with E-state index in [2.05, 4.69) is 12.2 Å². The second kappa shape index (κ2) is 6.43. The largest absolute Gasteiger partial charge is 0.479 e. The number of Topliss-reactive ketones (excluding diaryl/α,β-unsaturated/α-hetero) is 1. The second-order valence-electron chi connectivity index (χ2n) is 4.76. The molecule has 1 N–H and O–H groups in total. The Balaban J connectivity index is 1.83. The summed E-state index contributed by atoms with van der Waals surface area (Å²) in [6.45, 7) is 2.76. The number of anilines is 1. The molecule has 0 radical (unpaired) electrons. The maximum Gasteiger partial charge on any atom is 0.175 e. The topological polar surface area (TPSA) is 38.3 Å². The fourth-order valence-corrected chi connectivity index (χ4v) is 2.18. The number of ether oxygens (including phenoxy) is 1. The van der Waals surface area contributed by atoms with E-state index >= 15 is 0 Å². The molecule has 1 atom stereocenters. The van der Waals surface area contributed by atoms with Crippen molar-refractivity contribution in [3.05, 3.63) is 24.3 Å². The molecule has 1 heterocycles. The first-order chi connectivity index (χ1) is 8.81. The molecule has 1 aliphatic heterocycles. The highest BCUT2D eigenvalue weighted by Gasteiger charge is 2.24. The Bertz CT molecular complexity index is 403. The number of benzene rings is 1. The lowest BCUT2D eigenvalue weighted by Crippen LogP contribution is -2.37. The first-order valence-electron chi connectivity index (χ1n) is 6.83. The zero-order chi connectivity index (χ0) is 12.8. The van der Waals surface area contributed by atoms with E-state index in [1.54, 1.807) is 0 Å². The summed E-state index contributed by atoms with van der Waals surface area (Å²) in [4.78, 5) is 12.0. The van der Waals surface area contributed by atoms with Gasteiger partial charge in [-0.3, -0.25) is 4.79 Å². The zero-order valence-corrected chi connectivity index (χ0v) is 10.9. The molecule has 2 rings (SSSR count). The third-order valence-corrected chi connectivity index (χ3v) is 3.27. The van der Waals surface area contributed by atoms with Gasteiger partial charge in [0.15, 0.2) is 11.9 Å². The number of nitrogens with one attached hydrogen (secondary N) is 1. The normalized spacial score (nSPS) is 17.5. The van der Waals surface area contributed by atoms with Crippen LogP contribution in [0, 0.1) is 0 Å². The SMILES string of the molecule is CCCCCCC(=O)C1CNc2ccccc2O1. The van der Waals surface area contributed by atoms with Gasteiger partial charge in [-0.1, -0.05) is 38.3 Å². The van der Waals surface area contributed by atoms with E-state index in [0.717, 1.165) is 24.3 Å². The average molecular weight is 247 g/mol. The molecule has 1 aromatic rings. The van der Waals surface area contributed by atoms with Crippen LogP contribution in [0.5, 0.6) is 5.75 Å². The quantitative estimate of drug-likeness (QED) is 0.783. The zero-order valence-electron chi connectivity index (χ0n) is 10.9. The summed E-state index contributed by atoms with van der Waals surface area (Å²) >= 11 is 0. The number of para-hydroxylation sites is 2. The molecule has 0 amide bonds. The van der Waals surface area contributed by atoms with Gasteiger partial charge in [0.1, 0.15) is 5.75 Å². The smallest absolute Gasteiger partial charge is 0.175 e. The van der Waals surface area contributed by atoms with Crippen molar-refractivity contribution in [2.24, 2.45) is 0 Å². The molecule has 1 unspecified atom stereocenters. The van der Waals surface area contributed by atoms with E-state index in [9.17, 15) is 4.79 Å². The highest BCUT2D eigenvalue weighted by molar-refractivity contribution is 5.85. The molecule has 0 saturated heterocycles. The predicted molar refractivity (Wildman–Crippen MR) is 73.1 cm³/mol. The highest BCUT2D eigenvalue weighted by Crippen LogP contribution is 2.28. The van der Waals surface area contributed by atoms with Crippen LogP contribution in [0.3, 0.4) is 0 Å². The first kappa shape index (κ1) is 12.9. The Hall–Kier alpha value is -1.51. The van der Waals surface area contributed by atoms with Gasteiger partial charge >= 0.3 is 0 Å². The number of carbonyl (C=O) groups excluding carboxylic acids is 1. The minimum atomic E-state index is -0.318. The lowest BCUT2D eigenvalue weighted by atomic mass is 10.1.